The molecule has 1 N–H and O–H groups in total. The molecule has 0 aromatic heterocycles. The number of hydrogen-bond acceptors (Lipinski definition) is 5. The van der Waals surface area contributed by atoms with Gasteiger partial charge in [0.25, 0.3) is 5.91 Å². The summed E-state index contributed by atoms with van der Waals surface area (Å²) >= 11 is 6.43. The zero-order valence-corrected chi connectivity index (χ0v) is 17.9. The molecule has 1 aliphatic heterocycles. The number of carbonyl (C=O) groups is 2. The highest BCUT2D eigenvalue weighted by atomic mass is 35.5. The first-order valence-electron chi connectivity index (χ1n) is 9.73. The Kier molecular flexibility index (Phi) is 6.45. The average Bonchev–Trinajstić information content (AvgIpc) is 2.96. The van der Waals surface area contributed by atoms with E-state index in [0.29, 0.717) is 6.54 Å². The van der Waals surface area contributed by atoms with Gasteiger partial charge in [0.05, 0.1) is 23.4 Å². The molecule has 1 amide bonds. The van der Waals surface area contributed by atoms with E-state index in [2.05, 4.69) is 4.90 Å². The van der Waals surface area contributed by atoms with Gasteiger partial charge in [-0.15, -0.1) is 0 Å². The van der Waals surface area contributed by atoms with Crippen LogP contribution in [0.1, 0.15) is 35.3 Å². The zero-order valence-electron chi connectivity index (χ0n) is 17.1. The van der Waals surface area contributed by atoms with Crippen molar-refractivity contribution in [1.82, 2.24) is 4.90 Å². The maximum Gasteiger partial charge on any atom is 0.337 e. The maximum absolute atomic E-state index is 14.6. The molecule has 0 spiro atoms. The van der Waals surface area contributed by atoms with E-state index < -0.39 is 23.3 Å². The minimum atomic E-state index is -2.30. The molecule has 0 radical (unpaired) electrons. The lowest BCUT2D eigenvalue weighted by atomic mass is 9.86. The number of hydrogen-bond donors (Lipinski definition) is 1. The Balaban J connectivity index is 2.19. The van der Waals surface area contributed by atoms with E-state index in [1.54, 1.807) is 6.07 Å². The number of fused-ring (bicyclic) bond motifs is 1. The predicted molar refractivity (Wildman–Crippen MR) is 112 cm³/mol. The van der Waals surface area contributed by atoms with Gasteiger partial charge in [0.1, 0.15) is 5.82 Å². The molecule has 0 saturated heterocycles. The first-order valence-corrected chi connectivity index (χ1v) is 10.1. The molecule has 0 saturated carbocycles. The van der Waals surface area contributed by atoms with Crippen LogP contribution in [0.4, 0.5) is 10.1 Å². The van der Waals surface area contributed by atoms with E-state index >= 15 is 0 Å². The van der Waals surface area contributed by atoms with E-state index in [-0.39, 0.29) is 33.9 Å². The fraction of sp³-hybridized carbons (Fsp3) is 0.364. The Morgan fingerprint density at radius 1 is 1.27 bits per heavy atom. The number of rotatable bonds is 7. The van der Waals surface area contributed by atoms with Crippen molar-refractivity contribution in [3.63, 3.8) is 0 Å². The molecule has 2 aromatic rings. The van der Waals surface area contributed by atoms with Crippen molar-refractivity contribution in [3.05, 3.63) is 63.9 Å². The lowest BCUT2D eigenvalue weighted by Gasteiger charge is -2.26. The van der Waals surface area contributed by atoms with Gasteiger partial charge < -0.3 is 19.6 Å². The first kappa shape index (κ1) is 22.2. The van der Waals surface area contributed by atoms with Crippen molar-refractivity contribution in [3.8, 4) is 0 Å². The molecule has 8 heteroatoms. The van der Waals surface area contributed by atoms with E-state index in [0.717, 1.165) is 13.1 Å². The van der Waals surface area contributed by atoms with Crippen LogP contribution in [0.25, 0.3) is 0 Å². The quantitative estimate of drug-likeness (QED) is 0.678. The highest BCUT2D eigenvalue weighted by molar-refractivity contribution is 6.33. The van der Waals surface area contributed by atoms with Gasteiger partial charge in [-0.1, -0.05) is 43.6 Å². The minimum Gasteiger partial charge on any atom is -0.465 e. The van der Waals surface area contributed by atoms with E-state index in [4.69, 9.17) is 16.3 Å². The van der Waals surface area contributed by atoms with Gasteiger partial charge in [0.15, 0.2) is 0 Å². The van der Waals surface area contributed by atoms with Crippen molar-refractivity contribution in [2.24, 2.45) is 0 Å². The van der Waals surface area contributed by atoms with Crippen LogP contribution in [0.2, 0.25) is 5.02 Å². The molecule has 3 rings (SSSR count). The third kappa shape index (κ3) is 3.57. The van der Waals surface area contributed by atoms with Crippen LogP contribution in [-0.4, -0.2) is 55.2 Å². The summed E-state index contributed by atoms with van der Waals surface area (Å²) in [7, 11) is 1.24. The highest BCUT2D eigenvalue weighted by Crippen LogP contribution is 2.49. The summed E-state index contributed by atoms with van der Waals surface area (Å²) in [6.07, 6.45) is 0. The number of halogens is 2. The molecule has 1 aliphatic rings. The predicted octanol–water partition coefficient (Wildman–Crippen LogP) is 3.19. The van der Waals surface area contributed by atoms with E-state index in [1.807, 2.05) is 13.8 Å². The number of likely N-dealkylation sites (N-methyl/N-ethyl adjacent to an activating group) is 1. The summed E-state index contributed by atoms with van der Waals surface area (Å²) in [5.41, 5.74) is -2.01. The van der Waals surface area contributed by atoms with E-state index in [9.17, 15) is 19.1 Å². The first-order chi connectivity index (χ1) is 14.3. The van der Waals surface area contributed by atoms with Gasteiger partial charge in [-0.25, -0.2) is 9.18 Å². The molecule has 2 aromatic carbocycles. The number of methoxy groups -OCH3 is 1. The molecule has 160 valence electrons. The lowest BCUT2D eigenvalue weighted by molar-refractivity contribution is -0.132. The van der Waals surface area contributed by atoms with Crippen LogP contribution in [0.3, 0.4) is 0 Å². The minimum absolute atomic E-state index is 0.0163. The zero-order chi connectivity index (χ0) is 22.1. The Labute approximate surface area is 179 Å². The second kappa shape index (κ2) is 8.71. The van der Waals surface area contributed by atoms with Crippen LogP contribution < -0.4 is 4.90 Å². The maximum atomic E-state index is 14.6. The number of aliphatic hydroxyl groups is 1. The summed E-state index contributed by atoms with van der Waals surface area (Å²) < 4.78 is 19.4. The third-order valence-corrected chi connectivity index (χ3v) is 5.79. The molecule has 0 fully saturated rings. The summed E-state index contributed by atoms with van der Waals surface area (Å²) in [5.74, 6) is -2.06. The fourth-order valence-electron chi connectivity index (χ4n) is 3.82. The monoisotopic (exact) mass is 434 g/mol. The van der Waals surface area contributed by atoms with Gasteiger partial charge in [0.2, 0.25) is 5.60 Å². The van der Waals surface area contributed by atoms with Crippen molar-refractivity contribution in [1.29, 1.82) is 0 Å². The van der Waals surface area contributed by atoms with Crippen LogP contribution in [0, 0.1) is 5.82 Å². The molecule has 1 heterocycles. The van der Waals surface area contributed by atoms with Crippen LogP contribution in [0.15, 0.2) is 36.4 Å². The number of amides is 1. The SMILES string of the molecule is CCN(CC)CCN1C(=O)C(O)(c2ccccc2F)c2c(Cl)cc(C(=O)OC)cc21. The number of nitrogens with zero attached hydrogens (tertiary/aromatic N) is 2. The Bertz CT molecular complexity index is 980. The van der Waals surface area contributed by atoms with Crippen molar-refractivity contribution < 1.29 is 23.8 Å². The number of ether oxygens (including phenoxy) is 1. The smallest absolute Gasteiger partial charge is 0.337 e. The third-order valence-electron chi connectivity index (χ3n) is 5.50. The van der Waals surface area contributed by atoms with Crippen LogP contribution >= 0.6 is 11.6 Å². The summed E-state index contributed by atoms with van der Waals surface area (Å²) in [4.78, 5) is 29.0. The normalized spacial score (nSPS) is 18.1. The second-order valence-electron chi connectivity index (χ2n) is 7.02. The van der Waals surface area contributed by atoms with Crippen LogP contribution in [-0.2, 0) is 15.1 Å². The van der Waals surface area contributed by atoms with Crippen molar-refractivity contribution >= 4 is 29.2 Å². The summed E-state index contributed by atoms with van der Waals surface area (Å²) in [6, 6.07) is 8.32. The molecule has 0 bridgehead atoms. The summed E-state index contributed by atoms with van der Waals surface area (Å²) in [6.45, 7) is 6.35. The summed E-state index contributed by atoms with van der Waals surface area (Å²) in [5, 5.41) is 11.5. The Morgan fingerprint density at radius 3 is 2.53 bits per heavy atom. The van der Waals surface area contributed by atoms with Crippen LogP contribution in [0.5, 0.6) is 0 Å². The van der Waals surface area contributed by atoms with E-state index in [1.165, 1.54) is 42.3 Å². The molecule has 30 heavy (non-hydrogen) atoms. The second-order valence-corrected chi connectivity index (χ2v) is 7.42. The van der Waals surface area contributed by atoms with Crippen molar-refractivity contribution in [2.45, 2.75) is 19.4 Å². The molecule has 0 aliphatic carbocycles. The number of carbonyl (C=O) groups excluding carboxylic acids is 2. The lowest BCUT2D eigenvalue weighted by Crippen LogP contribution is -2.44. The largest absolute Gasteiger partial charge is 0.465 e. The van der Waals surface area contributed by atoms with Gasteiger partial charge in [0, 0.05) is 24.2 Å². The Hall–Kier alpha value is -2.48. The number of anilines is 1. The molecule has 1 unspecified atom stereocenters. The average molecular weight is 435 g/mol. The van der Waals surface area contributed by atoms with Crippen molar-refractivity contribution in [2.75, 3.05) is 38.2 Å². The number of esters is 1. The highest BCUT2D eigenvalue weighted by Gasteiger charge is 2.53. The fourth-order valence-corrected chi connectivity index (χ4v) is 4.17. The molecular weight excluding hydrogens is 411 g/mol. The number of benzene rings is 2. The van der Waals surface area contributed by atoms with Gasteiger partial charge >= 0.3 is 5.97 Å². The standard InChI is InChI=1S/C22H24ClFN2O4/c1-4-25(5-2)10-11-26-18-13-14(20(27)30-3)12-16(23)19(18)22(29,21(26)28)15-8-6-7-9-17(15)24/h6-9,12-13,29H,4-5,10-11H2,1-3H3. The van der Waals surface area contributed by atoms with Gasteiger partial charge in [-0.05, 0) is 31.3 Å². The molecule has 6 nitrogen and oxygen atoms in total. The Morgan fingerprint density at radius 2 is 1.93 bits per heavy atom. The van der Waals surface area contributed by atoms with Gasteiger partial charge in [-0.3, -0.25) is 4.79 Å². The molecule has 1 atom stereocenters. The topological polar surface area (TPSA) is 70.1 Å². The van der Waals surface area contributed by atoms with Gasteiger partial charge in [-0.2, -0.15) is 0 Å². The molecular formula is C22H24ClFN2O4.